The maximum absolute atomic E-state index is 6.41. The molecule has 1 atom stereocenters. The third-order valence-corrected chi connectivity index (χ3v) is 5.70. The highest BCUT2D eigenvalue weighted by molar-refractivity contribution is 7.93. The predicted octanol–water partition coefficient (Wildman–Crippen LogP) is 5.19. The molecule has 0 N–H and O–H groups in total. The number of ether oxygens (including phenoxy) is 1. The molecule has 1 aromatic carbocycles. The second kappa shape index (κ2) is 7.97. The minimum absolute atomic E-state index is 0.448. The van der Waals surface area contributed by atoms with Gasteiger partial charge in [0.1, 0.15) is 0 Å². The van der Waals surface area contributed by atoms with Gasteiger partial charge in [-0.3, -0.25) is 0 Å². The number of unbranched alkanes of at least 4 members (excludes halogenated alkanes) is 1. The largest absolute Gasteiger partial charge is 0.483 e. The van der Waals surface area contributed by atoms with E-state index in [2.05, 4.69) is 6.92 Å². The van der Waals surface area contributed by atoms with Gasteiger partial charge in [0.25, 0.3) is 0 Å². The van der Waals surface area contributed by atoms with Crippen molar-refractivity contribution in [3.05, 3.63) is 40.9 Å². The topological polar surface area (TPSA) is 9.23 Å². The van der Waals surface area contributed by atoms with Gasteiger partial charge in [0.15, 0.2) is 5.22 Å². The Bertz CT molecular complexity index is 365. The summed E-state index contributed by atoms with van der Waals surface area (Å²) in [5.74, 6) is 0. The van der Waals surface area contributed by atoms with Crippen molar-refractivity contribution in [3.63, 3.8) is 0 Å². The van der Waals surface area contributed by atoms with Gasteiger partial charge in [-0.05, 0) is 30.3 Å². The molecule has 0 radical (unpaired) electrons. The van der Waals surface area contributed by atoms with Gasteiger partial charge in [-0.2, -0.15) is 0 Å². The molecular formula is C13H17Cl2OP. The molecule has 4 heteroatoms. The van der Waals surface area contributed by atoms with Gasteiger partial charge >= 0.3 is 0 Å². The van der Waals surface area contributed by atoms with Crippen LogP contribution < -0.4 is 5.30 Å². The van der Waals surface area contributed by atoms with Crippen molar-refractivity contribution in [2.75, 3.05) is 6.61 Å². The number of rotatable bonds is 6. The van der Waals surface area contributed by atoms with Crippen molar-refractivity contribution in [1.82, 2.24) is 0 Å². The molecule has 1 nitrogen and oxygen atoms in total. The lowest BCUT2D eigenvalue weighted by Crippen LogP contribution is -1.98. The molecule has 0 aliphatic carbocycles. The fourth-order valence-electron chi connectivity index (χ4n) is 1.24. The lowest BCUT2D eigenvalue weighted by atomic mass is 10.4. The zero-order valence-electron chi connectivity index (χ0n) is 10.1. The second-order valence-electron chi connectivity index (χ2n) is 3.68. The standard InChI is InChI=1S/C13H17Cl2OP/c1-3-4-10-16-13(14)11(2)17(15)12-8-6-5-7-9-12/h5-9H,3-4,10H2,1-2H3/b13-11+. The summed E-state index contributed by atoms with van der Waals surface area (Å²) in [6.45, 7) is 4.70. The van der Waals surface area contributed by atoms with E-state index in [1.54, 1.807) is 0 Å². The Morgan fingerprint density at radius 3 is 2.53 bits per heavy atom. The molecule has 17 heavy (non-hydrogen) atoms. The fourth-order valence-corrected chi connectivity index (χ4v) is 3.31. The van der Waals surface area contributed by atoms with E-state index in [-0.39, 0.29) is 0 Å². The van der Waals surface area contributed by atoms with E-state index in [1.165, 1.54) is 0 Å². The van der Waals surface area contributed by atoms with Crippen molar-refractivity contribution in [2.45, 2.75) is 26.7 Å². The zero-order valence-corrected chi connectivity index (χ0v) is 12.5. The average molecular weight is 291 g/mol. The molecule has 0 saturated heterocycles. The Labute approximate surface area is 114 Å². The van der Waals surface area contributed by atoms with Crippen LogP contribution in [0.2, 0.25) is 0 Å². The van der Waals surface area contributed by atoms with Crippen LogP contribution in [0.4, 0.5) is 0 Å². The first-order valence-corrected chi connectivity index (χ1v) is 8.29. The van der Waals surface area contributed by atoms with Crippen LogP contribution in [0.15, 0.2) is 40.9 Å². The number of allylic oxidation sites excluding steroid dienone is 1. The molecule has 0 aliphatic heterocycles. The normalized spacial score (nSPS) is 14.1. The molecule has 1 rings (SSSR count). The first-order chi connectivity index (χ1) is 8.16. The van der Waals surface area contributed by atoms with Crippen molar-refractivity contribution in [2.24, 2.45) is 0 Å². The monoisotopic (exact) mass is 290 g/mol. The molecule has 0 amide bonds. The molecule has 1 unspecified atom stereocenters. The summed E-state index contributed by atoms with van der Waals surface area (Å²) in [6, 6.07) is 9.96. The van der Waals surface area contributed by atoms with Crippen LogP contribution >= 0.6 is 30.1 Å². The molecule has 0 spiro atoms. The maximum atomic E-state index is 6.41. The predicted molar refractivity (Wildman–Crippen MR) is 78.3 cm³/mol. The van der Waals surface area contributed by atoms with Crippen LogP contribution in [0.25, 0.3) is 0 Å². The van der Waals surface area contributed by atoms with Crippen molar-refractivity contribution in [3.8, 4) is 0 Å². The number of halogens is 2. The highest BCUT2D eigenvalue weighted by Crippen LogP contribution is 2.50. The third-order valence-electron chi connectivity index (χ3n) is 2.29. The van der Waals surface area contributed by atoms with E-state index in [0.717, 1.165) is 23.5 Å². The van der Waals surface area contributed by atoms with E-state index in [1.807, 2.05) is 37.3 Å². The fraction of sp³-hybridized carbons (Fsp3) is 0.385. The van der Waals surface area contributed by atoms with Gasteiger partial charge in [-0.15, -0.1) is 0 Å². The lowest BCUT2D eigenvalue weighted by Gasteiger charge is -2.13. The van der Waals surface area contributed by atoms with Gasteiger partial charge in [-0.25, -0.2) is 0 Å². The van der Waals surface area contributed by atoms with Crippen LogP contribution in [0.5, 0.6) is 0 Å². The highest BCUT2D eigenvalue weighted by atomic mass is 35.7. The summed E-state index contributed by atoms with van der Waals surface area (Å²) >= 11 is 12.5. The maximum Gasteiger partial charge on any atom is 0.191 e. The summed E-state index contributed by atoms with van der Waals surface area (Å²) in [7, 11) is -0.902. The molecule has 94 valence electrons. The molecule has 0 fully saturated rings. The molecule has 1 aromatic rings. The van der Waals surface area contributed by atoms with E-state index < -0.39 is 7.27 Å². The molecule has 0 heterocycles. The number of hydrogen-bond acceptors (Lipinski definition) is 1. The minimum Gasteiger partial charge on any atom is -0.483 e. The van der Waals surface area contributed by atoms with Gasteiger partial charge in [-0.1, -0.05) is 54.9 Å². The third kappa shape index (κ3) is 4.87. The average Bonchev–Trinajstić information content (AvgIpc) is 2.38. The Hall–Kier alpha value is -0.230. The smallest absolute Gasteiger partial charge is 0.191 e. The minimum atomic E-state index is -0.902. The highest BCUT2D eigenvalue weighted by Gasteiger charge is 2.14. The Morgan fingerprint density at radius 2 is 1.94 bits per heavy atom. The van der Waals surface area contributed by atoms with Crippen LogP contribution in [0, 0.1) is 0 Å². The summed E-state index contributed by atoms with van der Waals surface area (Å²) in [6.07, 6.45) is 2.10. The first-order valence-electron chi connectivity index (χ1n) is 5.67. The Morgan fingerprint density at radius 1 is 1.29 bits per heavy atom. The quantitative estimate of drug-likeness (QED) is 0.398. The summed E-state index contributed by atoms with van der Waals surface area (Å²) in [5, 5.41) is 2.47. The van der Waals surface area contributed by atoms with Crippen molar-refractivity contribution >= 4 is 35.4 Å². The molecule has 0 aliphatic rings. The summed E-state index contributed by atoms with van der Waals surface area (Å²) in [4.78, 5) is 0. The van der Waals surface area contributed by atoms with Crippen LogP contribution in [-0.2, 0) is 4.74 Å². The second-order valence-corrected chi connectivity index (χ2v) is 6.78. The van der Waals surface area contributed by atoms with E-state index >= 15 is 0 Å². The van der Waals surface area contributed by atoms with Crippen LogP contribution in [0.3, 0.4) is 0 Å². The summed E-state index contributed by atoms with van der Waals surface area (Å²) < 4.78 is 5.46. The van der Waals surface area contributed by atoms with Gasteiger partial charge < -0.3 is 4.74 Å². The molecule has 0 aromatic heterocycles. The molecule has 0 bridgehead atoms. The van der Waals surface area contributed by atoms with Crippen molar-refractivity contribution in [1.29, 1.82) is 0 Å². The van der Waals surface area contributed by atoms with E-state index in [4.69, 9.17) is 27.6 Å². The van der Waals surface area contributed by atoms with Crippen molar-refractivity contribution < 1.29 is 4.74 Å². The SMILES string of the molecule is CCCCO/C(Cl)=C(\C)P(Cl)c1ccccc1. The number of hydrogen-bond donors (Lipinski definition) is 0. The summed E-state index contributed by atoms with van der Waals surface area (Å²) in [5.41, 5.74) is 0. The van der Waals surface area contributed by atoms with E-state index in [0.29, 0.717) is 11.8 Å². The first kappa shape index (κ1) is 14.8. The Balaban J connectivity index is 2.67. The van der Waals surface area contributed by atoms with Gasteiger partial charge in [0.05, 0.1) is 13.9 Å². The zero-order chi connectivity index (χ0) is 12.7. The lowest BCUT2D eigenvalue weighted by molar-refractivity contribution is 0.229. The Kier molecular flexibility index (Phi) is 6.96. The molecule has 0 saturated carbocycles. The van der Waals surface area contributed by atoms with Gasteiger partial charge in [0.2, 0.25) is 0 Å². The molecular weight excluding hydrogens is 274 g/mol. The van der Waals surface area contributed by atoms with Crippen LogP contribution in [0.1, 0.15) is 26.7 Å². The van der Waals surface area contributed by atoms with E-state index in [9.17, 15) is 0 Å². The van der Waals surface area contributed by atoms with Gasteiger partial charge in [0, 0.05) is 5.31 Å². The number of benzene rings is 1. The van der Waals surface area contributed by atoms with Crippen LogP contribution in [-0.4, -0.2) is 6.61 Å².